The Labute approximate surface area is 146 Å². The molecule has 0 radical (unpaired) electrons. The minimum Gasteiger partial charge on any atom is -0.308 e. The van der Waals surface area contributed by atoms with E-state index in [1.54, 1.807) is 6.07 Å². The third-order valence-corrected chi connectivity index (χ3v) is 4.91. The van der Waals surface area contributed by atoms with Crippen molar-refractivity contribution in [2.45, 2.75) is 25.9 Å². The zero-order valence-corrected chi connectivity index (χ0v) is 15.4. The summed E-state index contributed by atoms with van der Waals surface area (Å²) >= 11 is 6.15. The van der Waals surface area contributed by atoms with Crippen LogP contribution in [0.25, 0.3) is 11.4 Å². The van der Waals surface area contributed by atoms with Crippen LogP contribution in [-0.4, -0.2) is 36.0 Å². The molecule has 130 valence electrons. The first-order valence-corrected chi connectivity index (χ1v) is 9.92. The number of fused-ring (bicyclic) bond motifs is 1. The minimum absolute atomic E-state index is 0.173. The molecule has 0 saturated heterocycles. The van der Waals surface area contributed by atoms with E-state index in [-0.39, 0.29) is 12.6 Å². The molecule has 1 unspecified atom stereocenters. The summed E-state index contributed by atoms with van der Waals surface area (Å²) in [6.45, 7) is 3.14. The van der Waals surface area contributed by atoms with Crippen LogP contribution < -0.4 is 10.0 Å². The van der Waals surface area contributed by atoms with Crippen LogP contribution in [-0.2, 0) is 30.0 Å². The lowest BCUT2D eigenvalue weighted by Gasteiger charge is -2.19. The predicted molar refractivity (Wildman–Crippen MR) is 93.3 cm³/mol. The van der Waals surface area contributed by atoms with E-state index in [0.717, 1.165) is 36.2 Å². The van der Waals surface area contributed by atoms with Gasteiger partial charge in [-0.2, -0.15) is 5.10 Å². The summed E-state index contributed by atoms with van der Waals surface area (Å²) < 4.78 is 26.9. The summed E-state index contributed by atoms with van der Waals surface area (Å²) in [4.78, 5) is 4.42. The number of hydrogen-bond donors (Lipinski definition) is 2. The van der Waals surface area contributed by atoms with Crippen molar-refractivity contribution >= 4 is 21.6 Å². The van der Waals surface area contributed by atoms with Crippen LogP contribution in [0.3, 0.4) is 0 Å². The Morgan fingerprint density at radius 1 is 1.46 bits per heavy atom. The molecule has 1 atom stereocenters. The number of rotatable bonds is 4. The molecule has 0 aliphatic carbocycles. The second kappa shape index (κ2) is 6.44. The number of pyridine rings is 1. The first-order chi connectivity index (χ1) is 11.2. The van der Waals surface area contributed by atoms with E-state index < -0.39 is 10.0 Å². The quantitative estimate of drug-likeness (QED) is 0.795. The molecule has 9 heteroatoms. The molecule has 2 aromatic heterocycles. The van der Waals surface area contributed by atoms with Gasteiger partial charge in [0.15, 0.2) is 0 Å². The first kappa shape index (κ1) is 17.3. The van der Waals surface area contributed by atoms with Crippen LogP contribution in [0.1, 0.15) is 29.8 Å². The highest BCUT2D eigenvalue weighted by Gasteiger charge is 2.25. The van der Waals surface area contributed by atoms with Crippen LogP contribution in [0.4, 0.5) is 0 Å². The van der Waals surface area contributed by atoms with Gasteiger partial charge in [0.1, 0.15) is 5.15 Å². The largest absolute Gasteiger partial charge is 0.308 e. The second-order valence-corrected chi connectivity index (χ2v) is 8.26. The maximum atomic E-state index is 11.3. The number of hydrogen-bond acceptors (Lipinski definition) is 5. The highest BCUT2D eigenvalue weighted by atomic mass is 35.5. The van der Waals surface area contributed by atoms with Gasteiger partial charge in [0.25, 0.3) is 0 Å². The number of aryl methyl sites for hydroxylation is 1. The molecule has 1 aliphatic heterocycles. The van der Waals surface area contributed by atoms with Gasteiger partial charge in [0.2, 0.25) is 10.0 Å². The highest BCUT2D eigenvalue weighted by molar-refractivity contribution is 7.88. The van der Waals surface area contributed by atoms with Crippen molar-refractivity contribution in [1.29, 1.82) is 0 Å². The zero-order chi connectivity index (χ0) is 17.5. The summed E-state index contributed by atoms with van der Waals surface area (Å²) in [7, 11) is -1.38. The van der Waals surface area contributed by atoms with E-state index >= 15 is 0 Å². The topological polar surface area (TPSA) is 88.9 Å². The Morgan fingerprint density at radius 2 is 2.21 bits per heavy atom. The summed E-state index contributed by atoms with van der Waals surface area (Å²) in [6.07, 6.45) is 2.00. The van der Waals surface area contributed by atoms with E-state index in [1.165, 1.54) is 5.56 Å². The number of halogens is 1. The standard InChI is InChI=1S/C15H20ClN5O2S/c1-9-14-11(4-5-17-9)15(21(2)20-14)12-6-10(7-13(16)19-12)8-18-24(3,22)23/h6-7,9,17-18H,4-5,8H2,1-3H3. The van der Waals surface area contributed by atoms with Crippen molar-refractivity contribution in [1.82, 2.24) is 24.8 Å². The lowest BCUT2D eigenvalue weighted by atomic mass is 9.99. The van der Waals surface area contributed by atoms with Crippen LogP contribution in [0.15, 0.2) is 12.1 Å². The summed E-state index contributed by atoms with van der Waals surface area (Å²) in [6, 6.07) is 3.71. The molecule has 0 bridgehead atoms. The second-order valence-electron chi connectivity index (χ2n) is 6.04. The molecule has 24 heavy (non-hydrogen) atoms. The molecule has 2 N–H and O–H groups in total. The van der Waals surface area contributed by atoms with Gasteiger partial charge in [-0.1, -0.05) is 11.6 Å². The molecule has 7 nitrogen and oxygen atoms in total. The number of nitrogens with zero attached hydrogens (tertiary/aromatic N) is 3. The summed E-state index contributed by atoms with van der Waals surface area (Å²) in [5.74, 6) is 0. The number of nitrogens with one attached hydrogen (secondary N) is 2. The van der Waals surface area contributed by atoms with Gasteiger partial charge in [-0.15, -0.1) is 0 Å². The van der Waals surface area contributed by atoms with Crippen molar-refractivity contribution in [2.24, 2.45) is 7.05 Å². The zero-order valence-electron chi connectivity index (χ0n) is 13.8. The van der Waals surface area contributed by atoms with Crippen molar-refractivity contribution in [3.63, 3.8) is 0 Å². The lowest BCUT2D eigenvalue weighted by molar-refractivity contribution is 0.525. The Morgan fingerprint density at radius 3 is 2.92 bits per heavy atom. The summed E-state index contributed by atoms with van der Waals surface area (Å²) in [5.41, 5.74) is 4.59. The molecule has 0 saturated carbocycles. The number of sulfonamides is 1. The van der Waals surface area contributed by atoms with Crippen LogP contribution in [0, 0.1) is 0 Å². The fraction of sp³-hybridized carbons (Fsp3) is 0.467. The maximum absolute atomic E-state index is 11.3. The minimum atomic E-state index is -3.27. The Hall–Kier alpha value is -1.48. The SMILES string of the molecule is CC1NCCc2c1nn(C)c2-c1cc(CNS(C)(=O)=O)cc(Cl)n1. The van der Waals surface area contributed by atoms with Crippen molar-refractivity contribution in [2.75, 3.05) is 12.8 Å². The smallest absolute Gasteiger partial charge is 0.209 e. The van der Waals surface area contributed by atoms with Crippen molar-refractivity contribution in [3.8, 4) is 11.4 Å². The molecule has 0 spiro atoms. The van der Waals surface area contributed by atoms with Gasteiger partial charge in [0, 0.05) is 25.2 Å². The average Bonchev–Trinajstić information content (AvgIpc) is 2.81. The molecule has 0 fully saturated rings. The van der Waals surface area contributed by atoms with Gasteiger partial charge in [-0.3, -0.25) is 4.68 Å². The fourth-order valence-electron chi connectivity index (χ4n) is 3.00. The normalized spacial score (nSPS) is 17.8. The molecular formula is C15H20ClN5O2S. The Bertz CT molecular complexity index is 878. The van der Waals surface area contributed by atoms with Crippen LogP contribution >= 0.6 is 11.6 Å². The van der Waals surface area contributed by atoms with Crippen molar-refractivity contribution in [3.05, 3.63) is 34.1 Å². The van der Waals surface area contributed by atoms with Crippen LogP contribution in [0.5, 0.6) is 0 Å². The Balaban J connectivity index is 2.03. The molecule has 1 aliphatic rings. The third kappa shape index (κ3) is 3.61. The van der Waals surface area contributed by atoms with Gasteiger partial charge < -0.3 is 5.32 Å². The van der Waals surface area contributed by atoms with E-state index in [2.05, 4.69) is 27.0 Å². The molecule has 0 aromatic carbocycles. The van der Waals surface area contributed by atoms with Crippen LogP contribution in [0.2, 0.25) is 5.15 Å². The highest BCUT2D eigenvalue weighted by Crippen LogP contribution is 2.31. The Kier molecular flexibility index (Phi) is 4.65. The molecule has 0 amide bonds. The number of aromatic nitrogens is 3. The third-order valence-electron chi connectivity index (χ3n) is 4.05. The lowest BCUT2D eigenvalue weighted by Crippen LogP contribution is -2.27. The molecule has 3 rings (SSSR count). The maximum Gasteiger partial charge on any atom is 0.209 e. The van der Waals surface area contributed by atoms with Gasteiger partial charge in [-0.25, -0.2) is 18.1 Å². The molecular weight excluding hydrogens is 350 g/mol. The van der Waals surface area contributed by atoms with Crippen molar-refractivity contribution < 1.29 is 8.42 Å². The fourth-order valence-corrected chi connectivity index (χ4v) is 3.66. The van der Waals surface area contributed by atoms with Gasteiger partial charge in [0.05, 0.1) is 23.3 Å². The molecule has 2 aromatic rings. The van der Waals surface area contributed by atoms with Gasteiger partial charge >= 0.3 is 0 Å². The van der Waals surface area contributed by atoms with E-state index in [4.69, 9.17) is 11.6 Å². The van der Waals surface area contributed by atoms with E-state index in [9.17, 15) is 8.42 Å². The van der Waals surface area contributed by atoms with E-state index in [1.807, 2.05) is 17.8 Å². The summed E-state index contributed by atoms with van der Waals surface area (Å²) in [5, 5.41) is 8.33. The first-order valence-electron chi connectivity index (χ1n) is 7.65. The predicted octanol–water partition coefficient (Wildman–Crippen LogP) is 1.39. The van der Waals surface area contributed by atoms with E-state index in [0.29, 0.717) is 10.8 Å². The average molecular weight is 370 g/mol. The monoisotopic (exact) mass is 369 g/mol. The van der Waals surface area contributed by atoms with Gasteiger partial charge in [-0.05, 0) is 37.6 Å². The molecule has 3 heterocycles.